The molecule has 0 aliphatic heterocycles. The SMILES string of the molecule is COc1ccc(-c2cnc3ccc(NCc4ccc(S(N)(=O)=O)cc4)nn23)c(OC)c1. The van der Waals surface area contributed by atoms with Crippen molar-refractivity contribution in [3.8, 4) is 22.8 Å². The molecule has 0 aliphatic rings. The fourth-order valence-electron chi connectivity index (χ4n) is 3.15. The van der Waals surface area contributed by atoms with Crippen LogP contribution in [0.2, 0.25) is 0 Å². The standard InChI is InChI=1S/C21H21N5O4S/c1-29-15-5-8-17(19(11-15)30-2)18-13-24-21-10-9-20(25-26(18)21)23-12-14-3-6-16(7-4-14)31(22,27)28/h3-11,13H,12H2,1-2H3,(H,23,25)(H2,22,27,28). The van der Waals surface area contributed by atoms with Gasteiger partial charge in [0.15, 0.2) is 5.65 Å². The number of benzene rings is 2. The van der Waals surface area contributed by atoms with E-state index in [4.69, 9.17) is 14.6 Å². The molecular weight excluding hydrogens is 418 g/mol. The van der Waals surface area contributed by atoms with Gasteiger partial charge < -0.3 is 14.8 Å². The molecule has 0 saturated heterocycles. The number of methoxy groups -OCH3 is 2. The van der Waals surface area contributed by atoms with Crippen LogP contribution in [-0.4, -0.2) is 37.2 Å². The highest BCUT2D eigenvalue weighted by Crippen LogP contribution is 2.33. The van der Waals surface area contributed by atoms with E-state index < -0.39 is 10.0 Å². The van der Waals surface area contributed by atoms with E-state index in [0.29, 0.717) is 29.5 Å². The van der Waals surface area contributed by atoms with Crippen LogP contribution >= 0.6 is 0 Å². The van der Waals surface area contributed by atoms with Gasteiger partial charge in [-0.05, 0) is 42.0 Å². The molecule has 2 aromatic heterocycles. The van der Waals surface area contributed by atoms with Gasteiger partial charge in [-0.1, -0.05) is 12.1 Å². The first-order chi connectivity index (χ1) is 14.9. The van der Waals surface area contributed by atoms with Gasteiger partial charge in [0, 0.05) is 18.2 Å². The summed E-state index contributed by atoms with van der Waals surface area (Å²) in [6.45, 7) is 0.458. The number of hydrogen-bond donors (Lipinski definition) is 2. The van der Waals surface area contributed by atoms with E-state index in [-0.39, 0.29) is 4.90 Å². The average Bonchev–Trinajstić information content (AvgIpc) is 3.20. The number of ether oxygens (including phenoxy) is 2. The highest BCUT2D eigenvalue weighted by molar-refractivity contribution is 7.89. The molecule has 9 nitrogen and oxygen atoms in total. The molecule has 10 heteroatoms. The zero-order chi connectivity index (χ0) is 22.0. The molecule has 0 aliphatic carbocycles. The molecule has 0 spiro atoms. The van der Waals surface area contributed by atoms with Gasteiger partial charge in [-0.3, -0.25) is 0 Å². The number of nitrogens with two attached hydrogens (primary N) is 1. The Labute approximate surface area is 179 Å². The van der Waals surface area contributed by atoms with Crippen molar-refractivity contribution in [2.75, 3.05) is 19.5 Å². The Morgan fingerprint density at radius 1 is 1.03 bits per heavy atom. The van der Waals surface area contributed by atoms with Crippen molar-refractivity contribution in [1.82, 2.24) is 14.6 Å². The summed E-state index contributed by atoms with van der Waals surface area (Å²) in [4.78, 5) is 4.50. The number of nitrogens with one attached hydrogen (secondary N) is 1. The summed E-state index contributed by atoms with van der Waals surface area (Å²) in [7, 11) is -0.505. The van der Waals surface area contributed by atoms with E-state index in [1.165, 1.54) is 12.1 Å². The van der Waals surface area contributed by atoms with Crippen LogP contribution in [0, 0.1) is 0 Å². The minimum absolute atomic E-state index is 0.0762. The Balaban J connectivity index is 1.60. The molecule has 2 heterocycles. The maximum Gasteiger partial charge on any atom is 0.238 e. The van der Waals surface area contributed by atoms with Crippen LogP contribution in [0.3, 0.4) is 0 Å². The molecule has 160 valence electrons. The normalized spacial score (nSPS) is 11.5. The molecule has 0 unspecified atom stereocenters. The minimum Gasteiger partial charge on any atom is -0.497 e. The molecule has 0 amide bonds. The molecule has 0 atom stereocenters. The number of aromatic nitrogens is 3. The van der Waals surface area contributed by atoms with Crippen molar-refractivity contribution in [1.29, 1.82) is 0 Å². The summed E-state index contributed by atoms with van der Waals surface area (Å²) in [6, 6.07) is 15.6. The Kier molecular flexibility index (Phi) is 5.49. The van der Waals surface area contributed by atoms with Gasteiger partial charge >= 0.3 is 0 Å². The van der Waals surface area contributed by atoms with Crippen molar-refractivity contribution in [3.63, 3.8) is 0 Å². The zero-order valence-corrected chi connectivity index (χ0v) is 17.8. The fourth-order valence-corrected chi connectivity index (χ4v) is 3.67. The third-order valence-electron chi connectivity index (χ3n) is 4.77. The van der Waals surface area contributed by atoms with Gasteiger partial charge in [-0.2, -0.15) is 0 Å². The Morgan fingerprint density at radius 3 is 2.48 bits per heavy atom. The summed E-state index contributed by atoms with van der Waals surface area (Å²) >= 11 is 0. The lowest BCUT2D eigenvalue weighted by atomic mass is 10.1. The highest BCUT2D eigenvalue weighted by Gasteiger charge is 2.14. The number of nitrogens with zero attached hydrogens (tertiary/aromatic N) is 3. The van der Waals surface area contributed by atoms with Gasteiger partial charge in [0.1, 0.15) is 17.3 Å². The van der Waals surface area contributed by atoms with E-state index in [1.807, 2.05) is 30.3 Å². The van der Waals surface area contributed by atoms with E-state index in [9.17, 15) is 8.42 Å². The molecular formula is C21H21N5O4S. The van der Waals surface area contributed by atoms with Crippen LogP contribution in [0.1, 0.15) is 5.56 Å². The van der Waals surface area contributed by atoms with Crippen LogP contribution in [0.5, 0.6) is 11.5 Å². The molecule has 0 saturated carbocycles. The lowest BCUT2D eigenvalue weighted by molar-refractivity contribution is 0.395. The first-order valence-corrected chi connectivity index (χ1v) is 10.9. The van der Waals surface area contributed by atoms with Crippen LogP contribution in [0.15, 0.2) is 65.7 Å². The van der Waals surface area contributed by atoms with E-state index in [1.54, 1.807) is 37.1 Å². The predicted octanol–water partition coefficient (Wildman–Crippen LogP) is 2.67. The van der Waals surface area contributed by atoms with Gasteiger partial charge in [-0.15, -0.1) is 5.10 Å². The van der Waals surface area contributed by atoms with Crippen molar-refractivity contribution < 1.29 is 17.9 Å². The lowest BCUT2D eigenvalue weighted by Gasteiger charge is -2.11. The number of primary sulfonamides is 1. The second-order valence-corrected chi connectivity index (χ2v) is 8.30. The minimum atomic E-state index is -3.71. The second kappa shape index (κ2) is 8.25. The van der Waals surface area contributed by atoms with Crippen molar-refractivity contribution in [2.45, 2.75) is 11.4 Å². The van der Waals surface area contributed by atoms with Gasteiger partial charge in [-0.25, -0.2) is 23.1 Å². The van der Waals surface area contributed by atoms with Gasteiger partial charge in [0.05, 0.1) is 31.0 Å². The maximum atomic E-state index is 11.4. The molecule has 31 heavy (non-hydrogen) atoms. The Hall–Kier alpha value is -3.63. The smallest absolute Gasteiger partial charge is 0.238 e. The van der Waals surface area contributed by atoms with Crippen molar-refractivity contribution in [2.24, 2.45) is 5.14 Å². The Morgan fingerprint density at radius 2 is 1.81 bits per heavy atom. The number of imidazole rings is 1. The highest BCUT2D eigenvalue weighted by atomic mass is 32.2. The maximum absolute atomic E-state index is 11.4. The number of hydrogen-bond acceptors (Lipinski definition) is 7. The number of anilines is 1. The van der Waals surface area contributed by atoms with Gasteiger partial charge in [0.25, 0.3) is 0 Å². The molecule has 0 radical (unpaired) electrons. The fraction of sp³-hybridized carbons (Fsp3) is 0.143. The third kappa shape index (κ3) is 4.30. The molecule has 2 aromatic carbocycles. The molecule has 0 fully saturated rings. The summed E-state index contributed by atoms with van der Waals surface area (Å²) in [5, 5.41) is 13.0. The molecule has 4 aromatic rings. The number of rotatable bonds is 7. The van der Waals surface area contributed by atoms with E-state index >= 15 is 0 Å². The summed E-state index contributed by atoms with van der Waals surface area (Å²) in [6.07, 6.45) is 1.74. The summed E-state index contributed by atoms with van der Waals surface area (Å²) in [5.41, 5.74) is 3.18. The van der Waals surface area contributed by atoms with Crippen molar-refractivity contribution in [3.05, 3.63) is 66.4 Å². The quantitative estimate of drug-likeness (QED) is 0.454. The Bertz CT molecular complexity index is 1330. The number of fused-ring (bicyclic) bond motifs is 1. The molecule has 3 N–H and O–H groups in total. The first-order valence-electron chi connectivity index (χ1n) is 9.32. The van der Waals surface area contributed by atoms with Crippen LogP contribution < -0.4 is 19.9 Å². The van der Waals surface area contributed by atoms with E-state index in [0.717, 1.165) is 16.8 Å². The first kappa shape index (κ1) is 20.6. The largest absolute Gasteiger partial charge is 0.497 e. The molecule has 4 rings (SSSR count). The van der Waals surface area contributed by atoms with Crippen LogP contribution in [0.25, 0.3) is 16.9 Å². The third-order valence-corrected chi connectivity index (χ3v) is 5.70. The average molecular weight is 439 g/mol. The summed E-state index contributed by atoms with van der Waals surface area (Å²) < 4.78 is 35.3. The predicted molar refractivity (Wildman–Crippen MR) is 117 cm³/mol. The zero-order valence-electron chi connectivity index (χ0n) is 16.9. The van der Waals surface area contributed by atoms with Crippen molar-refractivity contribution >= 4 is 21.5 Å². The second-order valence-electron chi connectivity index (χ2n) is 6.74. The monoisotopic (exact) mass is 439 g/mol. The number of sulfonamides is 1. The van der Waals surface area contributed by atoms with Crippen LogP contribution in [-0.2, 0) is 16.6 Å². The van der Waals surface area contributed by atoms with Crippen LogP contribution in [0.4, 0.5) is 5.82 Å². The molecule has 0 bridgehead atoms. The van der Waals surface area contributed by atoms with Gasteiger partial charge in [0.2, 0.25) is 10.0 Å². The summed E-state index contributed by atoms with van der Waals surface area (Å²) in [5.74, 6) is 1.98. The topological polar surface area (TPSA) is 121 Å². The van der Waals surface area contributed by atoms with E-state index in [2.05, 4.69) is 15.4 Å². The lowest BCUT2D eigenvalue weighted by Crippen LogP contribution is -2.12.